The zero-order chi connectivity index (χ0) is 19.9. The van der Waals surface area contributed by atoms with E-state index in [4.69, 9.17) is 9.47 Å². The second-order valence-electron chi connectivity index (χ2n) is 7.23. The fourth-order valence-electron chi connectivity index (χ4n) is 3.75. The van der Waals surface area contributed by atoms with Gasteiger partial charge >= 0.3 is 0 Å². The van der Waals surface area contributed by atoms with Gasteiger partial charge in [-0.25, -0.2) is 0 Å². The Kier molecular flexibility index (Phi) is 8.08. The fraction of sp³-hybridized carbons (Fsp3) is 0.292. The third-order valence-corrected chi connectivity index (χ3v) is 5.30. The van der Waals surface area contributed by atoms with Gasteiger partial charge in [-0.15, -0.1) is 12.4 Å². The number of halogens is 1. The van der Waals surface area contributed by atoms with Crippen molar-refractivity contribution >= 4 is 12.4 Å². The molecule has 1 saturated heterocycles. The lowest BCUT2D eigenvalue weighted by molar-refractivity contribution is 0.153. The van der Waals surface area contributed by atoms with Gasteiger partial charge in [-0.1, -0.05) is 36.4 Å². The number of pyridine rings is 1. The smallest absolute Gasteiger partial charge is 0.161 e. The number of benzene rings is 2. The van der Waals surface area contributed by atoms with Crippen LogP contribution in [0.2, 0.25) is 0 Å². The third-order valence-electron chi connectivity index (χ3n) is 5.30. The molecule has 1 aliphatic rings. The highest BCUT2D eigenvalue weighted by Gasteiger charge is 2.24. The Hall–Kier alpha value is -2.60. The highest BCUT2D eigenvalue weighted by molar-refractivity contribution is 5.85. The Bertz CT molecular complexity index is 909. The number of nitrogens with one attached hydrogen (secondary N) is 1. The summed E-state index contributed by atoms with van der Waals surface area (Å²) >= 11 is 0. The summed E-state index contributed by atoms with van der Waals surface area (Å²) in [7, 11) is 1.68. The second-order valence-corrected chi connectivity index (χ2v) is 7.23. The van der Waals surface area contributed by atoms with Gasteiger partial charge in [-0.2, -0.15) is 0 Å². The summed E-state index contributed by atoms with van der Waals surface area (Å²) in [4.78, 5) is 6.66. The van der Waals surface area contributed by atoms with E-state index in [2.05, 4.69) is 51.6 Å². The number of rotatable bonds is 7. The van der Waals surface area contributed by atoms with Crippen molar-refractivity contribution in [3.8, 4) is 11.5 Å². The topological polar surface area (TPSA) is 46.6 Å². The SMILES string of the molecule is COc1ccc(CN2CCNCC2c2ccncc2)cc1OCc1ccccc1.Cl. The Balaban J connectivity index is 0.00000256. The van der Waals surface area contributed by atoms with Crippen molar-refractivity contribution in [2.24, 2.45) is 0 Å². The normalized spacial score (nSPS) is 16.5. The van der Waals surface area contributed by atoms with Crippen LogP contribution in [0.5, 0.6) is 11.5 Å². The van der Waals surface area contributed by atoms with Crippen LogP contribution in [0.4, 0.5) is 0 Å². The van der Waals surface area contributed by atoms with Crippen molar-refractivity contribution in [3.63, 3.8) is 0 Å². The summed E-state index contributed by atoms with van der Waals surface area (Å²) in [6.45, 7) is 4.32. The van der Waals surface area contributed by atoms with Crippen LogP contribution >= 0.6 is 12.4 Å². The van der Waals surface area contributed by atoms with Crippen molar-refractivity contribution in [1.82, 2.24) is 15.2 Å². The highest BCUT2D eigenvalue weighted by atomic mass is 35.5. The van der Waals surface area contributed by atoms with Crippen LogP contribution in [-0.2, 0) is 13.2 Å². The summed E-state index contributed by atoms with van der Waals surface area (Å²) in [5, 5.41) is 3.51. The van der Waals surface area contributed by atoms with Gasteiger partial charge in [0.05, 0.1) is 7.11 Å². The molecule has 0 amide bonds. The Morgan fingerprint density at radius 3 is 2.57 bits per heavy atom. The van der Waals surface area contributed by atoms with Gasteiger partial charge in [0.1, 0.15) is 6.61 Å². The van der Waals surface area contributed by atoms with E-state index >= 15 is 0 Å². The molecule has 0 radical (unpaired) electrons. The molecular weight excluding hydrogens is 398 g/mol. The lowest BCUT2D eigenvalue weighted by atomic mass is 10.0. The van der Waals surface area contributed by atoms with Gasteiger partial charge in [0.15, 0.2) is 11.5 Å². The molecule has 1 fully saturated rings. The number of aromatic nitrogens is 1. The molecule has 2 heterocycles. The lowest BCUT2D eigenvalue weighted by Gasteiger charge is -2.36. The van der Waals surface area contributed by atoms with Crippen LogP contribution in [-0.4, -0.2) is 36.6 Å². The van der Waals surface area contributed by atoms with Gasteiger partial charge in [-0.05, 0) is 41.0 Å². The molecule has 0 saturated carbocycles. The van der Waals surface area contributed by atoms with Crippen molar-refractivity contribution < 1.29 is 9.47 Å². The molecule has 6 heteroatoms. The van der Waals surface area contributed by atoms with Gasteiger partial charge in [-0.3, -0.25) is 9.88 Å². The monoisotopic (exact) mass is 425 g/mol. The van der Waals surface area contributed by atoms with Crippen molar-refractivity contribution in [3.05, 3.63) is 89.7 Å². The average molecular weight is 426 g/mol. The van der Waals surface area contributed by atoms with E-state index in [-0.39, 0.29) is 12.4 Å². The first-order chi connectivity index (χ1) is 14.3. The number of piperazine rings is 1. The van der Waals surface area contributed by atoms with E-state index < -0.39 is 0 Å². The first-order valence-electron chi connectivity index (χ1n) is 10.0. The van der Waals surface area contributed by atoms with E-state index in [1.54, 1.807) is 7.11 Å². The highest BCUT2D eigenvalue weighted by Crippen LogP contribution is 2.31. The molecule has 3 aromatic rings. The zero-order valence-electron chi connectivity index (χ0n) is 17.2. The maximum Gasteiger partial charge on any atom is 0.161 e. The van der Waals surface area contributed by atoms with Crippen molar-refractivity contribution in [2.75, 3.05) is 26.7 Å². The maximum absolute atomic E-state index is 6.09. The molecule has 4 rings (SSSR count). The molecular formula is C24H28ClN3O2. The first kappa shape index (κ1) is 22.1. The summed E-state index contributed by atoms with van der Waals surface area (Å²) in [6, 6.07) is 21.0. The average Bonchev–Trinajstić information content (AvgIpc) is 2.79. The van der Waals surface area contributed by atoms with E-state index in [9.17, 15) is 0 Å². The number of hydrogen-bond donors (Lipinski definition) is 1. The number of hydrogen-bond acceptors (Lipinski definition) is 5. The Morgan fingerprint density at radius 1 is 1.00 bits per heavy atom. The van der Waals surface area contributed by atoms with Crippen LogP contribution < -0.4 is 14.8 Å². The summed E-state index contributed by atoms with van der Waals surface area (Å²) in [5.41, 5.74) is 3.65. The Morgan fingerprint density at radius 2 is 1.80 bits per heavy atom. The maximum atomic E-state index is 6.09. The van der Waals surface area contributed by atoms with E-state index in [0.29, 0.717) is 12.6 Å². The first-order valence-corrected chi connectivity index (χ1v) is 10.0. The van der Waals surface area contributed by atoms with Gasteiger partial charge in [0.25, 0.3) is 0 Å². The summed E-state index contributed by atoms with van der Waals surface area (Å²) < 4.78 is 11.6. The molecule has 30 heavy (non-hydrogen) atoms. The zero-order valence-corrected chi connectivity index (χ0v) is 18.0. The number of methoxy groups -OCH3 is 1. The second kappa shape index (κ2) is 11.0. The molecule has 2 aromatic carbocycles. The van der Waals surface area contributed by atoms with Crippen LogP contribution in [0.3, 0.4) is 0 Å². The number of nitrogens with zero attached hydrogens (tertiary/aromatic N) is 2. The minimum Gasteiger partial charge on any atom is -0.493 e. The number of ether oxygens (including phenoxy) is 2. The quantitative estimate of drug-likeness (QED) is 0.613. The largest absolute Gasteiger partial charge is 0.493 e. The van der Waals surface area contributed by atoms with E-state index in [0.717, 1.165) is 43.2 Å². The molecule has 1 aliphatic heterocycles. The predicted octanol–water partition coefficient (Wildman–Crippen LogP) is 4.24. The summed E-state index contributed by atoms with van der Waals surface area (Å²) in [5.74, 6) is 1.54. The minimum atomic E-state index is 0. The standard InChI is InChI=1S/C24H27N3O2.ClH/c1-28-23-8-7-20(15-24(23)29-18-19-5-3-2-4-6-19)17-27-14-13-26-16-22(27)21-9-11-25-12-10-21;/h2-12,15,22,26H,13-14,16-18H2,1H3;1H. The van der Waals surface area contributed by atoms with Crippen LogP contribution in [0, 0.1) is 0 Å². The molecule has 158 valence electrons. The molecule has 1 atom stereocenters. The van der Waals surface area contributed by atoms with Crippen LogP contribution in [0.1, 0.15) is 22.7 Å². The molecule has 1 aromatic heterocycles. The van der Waals surface area contributed by atoms with Gasteiger partial charge in [0, 0.05) is 44.6 Å². The van der Waals surface area contributed by atoms with E-state index in [1.165, 1.54) is 11.1 Å². The van der Waals surface area contributed by atoms with Gasteiger partial charge < -0.3 is 14.8 Å². The Labute approximate surface area is 184 Å². The van der Waals surface area contributed by atoms with Crippen molar-refractivity contribution in [1.29, 1.82) is 0 Å². The fourth-order valence-corrected chi connectivity index (χ4v) is 3.75. The third kappa shape index (κ3) is 5.51. The lowest BCUT2D eigenvalue weighted by Crippen LogP contribution is -2.45. The molecule has 1 N–H and O–H groups in total. The predicted molar refractivity (Wildman–Crippen MR) is 121 cm³/mol. The van der Waals surface area contributed by atoms with Crippen molar-refractivity contribution in [2.45, 2.75) is 19.2 Å². The molecule has 1 unspecified atom stereocenters. The van der Waals surface area contributed by atoms with Gasteiger partial charge in [0.2, 0.25) is 0 Å². The minimum absolute atomic E-state index is 0. The molecule has 5 nitrogen and oxygen atoms in total. The molecule has 0 spiro atoms. The van der Waals surface area contributed by atoms with Crippen LogP contribution in [0.15, 0.2) is 73.1 Å². The molecule has 0 bridgehead atoms. The molecule has 0 aliphatic carbocycles. The summed E-state index contributed by atoms with van der Waals surface area (Å²) in [6.07, 6.45) is 3.73. The van der Waals surface area contributed by atoms with E-state index in [1.807, 2.05) is 36.7 Å². The van der Waals surface area contributed by atoms with Crippen LogP contribution in [0.25, 0.3) is 0 Å².